The second kappa shape index (κ2) is 9.51. The number of nitrogens with one attached hydrogen (secondary N) is 1. The van der Waals surface area contributed by atoms with Crippen LogP contribution in [0.1, 0.15) is 31.9 Å². The number of piperazine rings is 1. The summed E-state index contributed by atoms with van der Waals surface area (Å²) in [4.78, 5) is 16.2. The summed E-state index contributed by atoms with van der Waals surface area (Å²) in [6, 6.07) is 9.90. The highest BCUT2D eigenvalue weighted by Crippen LogP contribution is 2.29. The number of amides is 1. The molecule has 1 aliphatic rings. The number of carbonyl (C=O) groups excluding carboxylic acids is 1. The number of halogens is 2. The lowest BCUT2D eigenvalue weighted by atomic mass is 10.1. The SMILES string of the molecule is CC(C)(C)OC(=O)N1CCN(c2cccc(NCc3cccc(F)c3F)c2CN)CC1. The van der Waals surface area contributed by atoms with E-state index in [-0.39, 0.29) is 24.7 Å². The first-order valence-corrected chi connectivity index (χ1v) is 10.4. The van der Waals surface area contributed by atoms with E-state index in [2.05, 4.69) is 10.2 Å². The summed E-state index contributed by atoms with van der Waals surface area (Å²) in [5.74, 6) is -1.71. The largest absolute Gasteiger partial charge is 0.444 e. The molecule has 0 radical (unpaired) electrons. The number of hydrogen-bond acceptors (Lipinski definition) is 5. The summed E-state index contributed by atoms with van der Waals surface area (Å²) in [5.41, 5.74) is 8.40. The predicted molar refractivity (Wildman–Crippen MR) is 118 cm³/mol. The van der Waals surface area contributed by atoms with Crippen LogP contribution in [0.25, 0.3) is 0 Å². The van der Waals surface area contributed by atoms with Crippen molar-refractivity contribution in [2.45, 2.75) is 39.5 Å². The van der Waals surface area contributed by atoms with Crippen LogP contribution in [0.3, 0.4) is 0 Å². The Morgan fingerprint density at radius 3 is 2.42 bits per heavy atom. The maximum atomic E-state index is 14.0. The molecule has 3 N–H and O–H groups in total. The molecule has 8 heteroatoms. The van der Waals surface area contributed by atoms with Crippen molar-refractivity contribution >= 4 is 17.5 Å². The molecule has 0 aliphatic carbocycles. The van der Waals surface area contributed by atoms with E-state index >= 15 is 0 Å². The molecule has 0 bridgehead atoms. The number of rotatable bonds is 5. The third-order valence-corrected chi connectivity index (χ3v) is 5.13. The van der Waals surface area contributed by atoms with Crippen LogP contribution in [-0.2, 0) is 17.8 Å². The monoisotopic (exact) mass is 432 g/mol. The third kappa shape index (κ3) is 5.64. The Balaban J connectivity index is 1.69. The van der Waals surface area contributed by atoms with Gasteiger partial charge in [-0.15, -0.1) is 0 Å². The molecule has 1 amide bonds. The molecule has 31 heavy (non-hydrogen) atoms. The molecule has 0 saturated carbocycles. The molecule has 0 aromatic heterocycles. The van der Waals surface area contributed by atoms with E-state index in [0.29, 0.717) is 26.2 Å². The second-order valence-electron chi connectivity index (χ2n) is 8.53. The van der Waals surface area contributed by atoms with Crippen LogP contribution in [0.5, 0.6) is 0 Å². The molecule has 1 fully saturated rings. The normalized spacial score (nSPS) is 14.5. The van der Waals surface area contributed by atoms with Crippen LogP contribution < -0.4 is 16.0 Å². The van der Waals surface area contributed by atoms with Gasteiger partial charge in [-0.1, -0.05) is 18.2 Å². The van der Waals surface area contributed by atoms with Gasteiger partial charge in [0, 0.05) is 61.8 Å². The van der Waals surface area contributed by atoms with Crippen molar-refractivity contribution in [2.24, 2.45) is 5.73 Å². The van der Waals surface area contributed by atoms with Crippen LogP contribution in [0.15, 0.2) is 36.4 Å². The van der Waals surface area contributed by atoms with Gasteiger partial charge in [-0.2, -0.15) is 0 Å². The van der Waals surface area contributed by atoms with Crippen LogP contribution in [0.4, 0.5) is 25.0 Å². The van der Waals surface area contributed by atoms with Gasteiger partial charge in [-0.3, -0.25) is 0 Å². The smallest absolute Gasteiger partial charge is 0.410 e. The Labute approximate surface area is 182 Å². The van der Waals surface area contributed by atoms with E-state index in [0.717, 1.165) is 23.0 Å². The summed E-state index contributed by atoms with van der Waals surface area (Å²) in [6.45, 7) is 8.37. The van der Waals surface area contributed by atoms with Gasteiger partial charge in [0.25, 0.3) is 0 Å². The fourth-order valence-corrected chi connectivity index (χ4v) is 3.58. The molecule has 2 aromatic carbocycles. The minimum absolute atomic E-state index is 0.145. The number of carbonyl (C=O) groups is 1. The zero-order chi connectivity index (χ0) is 22.6. The highest BCUT2D eigenvalue weighted by Gasteiger charge is 2.27. The Hall–Kier alpha value is -2.87. The highest BCUT2D eigenvalue weighted by molar-refractivity contribution is 5.70. The van der Waals surface area contributed by atoms with Crippen molar-refractivity contribution in [3.8, 4) is 0 Å². The second-order valence-corrected chi connectivity index (χ2v) is 8.53. The van der Waals surface area contributed by atoms with Gasteiger partial charge in [0.15, 0.2) is 11.6 Å². The molecule has 0 unspecified atom stereocenters. The number of hydrogen-bond donors (Lipinski definition) is 2. The van der Waals surface area contributed by atoms with E-state index in [4.69, 9.17) is 10.5 Å². The molecule has 1 aliphatic heterocycles. The van der Waals surface area contributed by atoms with E-state index in [1.807, 2.05) is 39.0 Å². The molecule has 1 saturated heterocycles. The number of benzene rings is 2. The van der Waals surface area contributed by atoms with Crippen molar-refractivity contribution in [2.75, 3.05) is 36.4 Å². The van der Waals surface area contributed by atoms with Crippen LogP contribution in [0.2, 0.25) is 0 Å². The zero-order valence-electron chi connectivity index (χ0n) is 18.3. The molecule has 2 aromatic rings. The Kier molecular flexibility index (Phi) is 7.00. The van der Waals surface area contributed by atoms with E-state index in [1.165, 1.54) is 6.07 Å². The van der Waals surface area contributed by atoms with Crippen molar-refractivity contribution in [3.05, 3.63) is 59.2 Å². The van der Waals surface area contributed by atoms with E-state index in [9.17, 15) is 13.6 Å². The Morgan fingerprint density at radius 1 is 1.10 bits per heavy atom. The topological polar surface area (TPSA) is 70.8 Å². The fraction of sp³-hybridized carbons (Fsp3) is 0.435. The standard InChI is InChI=1S/C23H30F2N4O2/c1-23(2,3)31-22(30)29-12-10-28(11-13-29)20-9-5-8-19(17(20)14-26)27-15-16-6-4-7-18(24)21(16)25/h4-9,27H,10-15,26H2,1-3H3. The molecule has 168 valence electrons. The van der Waals surface area contributed by atoms with Gasteiger partial charge in [-0.25, -0.2) is 13.6 Å². The molecule has 1 heterocycles. The summed E-state index contributed by atoms with van der Waals surface area (Å²) in [7, 11) is 0. The Bertz CT molecular complexity index is 922. The van der Waals surface area contributed by atoms with Crippen LogP contribution in [-0.4, -0.2) is 42.8 Å². The number of ether oxygens (including phenoxy) is 1. The first kappa shape index (κ1) is 22.8. The van der Waals surface area contributed by atoms with Gasteiger partial charge in [0.2, 0.25) is 0 Å². The zero-order valence-corrected chi connectivity index (χ0v) is 18.3. The van der Waals surface area contributed by atoms with Crippen molar-refractivity contribution in [1.82, 2.24) is 4.90 Å². The summed E-state index contributed by atoms with van der Waals surface area (Å²) >= 11 is 0. The van der Waals surface area contributed by atoms with Gasteiger partial charge >= 0.3 is 6.09 Å². The summed E-state index contributed by atoms with van der Waals surface area (Å²) in [5, 5.41) is 3.18. The first-order valence-electron chi connectivity index (χ1n) is 10.4. The molecule has 6 nitrogen and oxygen atoms in total. The predicted octanol–water partition coefficient (Wildman–Crippen LogP) is 4.09. The fourth-order valence-electron chi connectivity index (χ4n) is 3.58. The van der Waals surface area contributed by atoms with Crippen molar-refractivity contribution in [1.29, 1.82) is 0 Å². The summed E-state index contributed by atoms with van der Waals surface area (Å²) in [6.07, 6.45) is -0.307. The van der Waals surface area contributed by atoms with Crippen molar-refractivity contribution < 1.29 is 18.3 Å². The van der Waals surface area contributed by atoms with Crippen LogP contribution >= 0.6 is 0 Å². The number of nitrogens with two attached hydrogens (primary N) is 1. The van der Waals surface area contributed by atoms with E-state index in [1.54, 1.807) is 11.0 Å². The molecule has 3 rings (SSSR count). The lowest BCUT2D eigenvalue weighted by molar-refractivity contribution is 0.0240. The lowest BCUT2D eigenvalue weighted by Gasteiger charge is -2.37. The minimum atomic E-state index is -0.866. The maximum absolute atomic E-state index is 14.0. The quantitative estimate of drug-likeness (QED) is 0.745. The first-order chi connectivity index (χ1) is 14.7. The van der Waals surface area contributed by atoms with Crippen molar-refractivity contribution in [3.63, 3.8) is 0 Å². The Morgan fingerprint density at radius 2 is 1.77 bits per heavy atom. The minimum Gasteiger partial charge on any atom is -0.444 e. The number of nitrogens with zero attached hydrogens (tertiary/aromatic N) is 2. The lowest BCUT2D eigenvalue weighted by Crippen LogP contribution is -2.50. The third-order valence-electron chi connectivity index (χ3n) is 5.13. The highest BCUT2D eigenvalue weighted by atomic mass is 19.2. The van der Waals surface area contributed by atoms with E-state index < -0.39 is 17.2 Å². The maximum Gasteiger partial charge on any atom is 0.410 e. The molecule has 0 spiro atoms. The van der Waals surface area contributed by atoms with Crippen LogP contribution in [0, 0.1) is 11.6 Å². The van der Waals surface area contributed by atoms with Gasteiger partial charge in [-0.05, 0) is 39.0 Å². The van der Waals surface area contributed by atoms with Gasteiger partial charge in [0.05, 0.1) is 0 Å². The molecular formula is C23H30F2N4O2. The van der Waals surface area contributed by atoms with Gasteiger partial charge < -0.3 is 25.6 Å². The summed E-state index contributed by atoms with van der Waals surface area (Å²) < 4.78 is 32.9. The average Bonchev–Trinajstić information content (AvgIpc) is 2.73. The number of anilines is 2. The molecule has 0 atom stereocenters. The van der Waals surface area contributed by atoms with Gasteiger partial charge in [0.1, 0.15) is 5.60 Å². The molecular weight excluding hydrogens is 402 g/mol. The average molecular weight is 433 g/mol.